The fourth-order valence-electron chi connectivity index (χ4n) is 2.28. The first-order valence-corrected chi connectivity index (χ1v) is 5.73. The smallest absolute Gasteiger partial charge is 0.165 e. The third-order valence-corrected chi connectivity index (χ3v) is 3.10. The van der Waals surface area contributed by atoms with Crippen molar-refractivity contribution in [2.45, 2.75) is 31.8 Å². The van der Waals surface area contributed by atoms with Crippen molar-refractivity contribution in [1.82, 2.24) is 0 Å². The number of nitrogens with two attached hydrogens (primary N) is 1. The second-order valence-corrected chi connectivity index (χ2v) is 4.57. The summed E-state index contributed by atoms with van der Waals surface area (Å²) in [7, 11) is 1.68. The van der Waals surface area contributed by atoms with Crippen LogP contribution in [-0.2, 0) is 6.42 Å². The molecule has 1 unspecified atom stereocenters. The molecule has 88 valence electrons. The SMILES string of the molecule is COc1cccc2c1OC(C)(CCCN)C2. The number of ether oxygens (including phenoxy) is 2. The van der Waals surface area contributed by atoms with Crippen LogP contribution in [0.4, 0.5) is 0 Å². The fourth-order valence-corrected chi connectivity index (χ4v) is 2.28. The van der Waals surface area contributed by atoms with E-state index in [1.807, 2.05) is 12.1 Å². The second-order valence-electron chi connectivity index (χ2n) is 4.57. The van der Waals surface area contributed by atoms with Crippen LogP contribution in [0, 0.1) is 0 Å². The van der Waals surface area contributed by atoms with Crippen molar-refractivity contribution < 1.29 is 9.47 Å². The van der Waals surface area contributed by atoms with Crippen LogP contribution < -0.4 is 15.2 Å². The van der Waals surface area contributed by atoms with Crippen molar-refractivity contribution in [1.29, 1.82) is 0 Å². The minimum atomic E-state index is -0.115. The zero-order valence-corrected chi connectivity index (χ0v) is 9.95. The Hall–Kier alpha value is -1.22. The van der Waals surface area contributed by atoms with Gasteiger partial charge in [-0.2, -0.15) is 0 Å². The van der Waals surface area contributed by atoms with E-state index in [0.29, 0.717) is 6.54 Å². The monoisotopic (exact) mass is 221 g/mol. The Morgan fingerprint density at radius 1 is 1.50 bits per heavy atom. The van der Waals surface area contributed by atoms with E-state index in [1.54, 1.807) is 7.11 Å². The summed E-state index contributed by atoms with van der Waals surface area (Å²) >= 11 is 0. The number of hydrogen-bond donors (Lipinski definition) is 1. The van der Waals surface area contributed by atoms with Crippen LogP contribution in [0.25, 0.3) is 0 Å². The molecule has 1 aromatic carbocycles. The third kappa shape index (κ3) is 2.00. The summed E-state index contributed by atoms with van der Waals surface area (Å²) in [5.41, 5.74) is 6.67. The second kappa shape index (κ2) is 4.34. The zero-order valence-electron chi connectivity index (χ0n) is 9.95. The van der Waals surface area contributed by atoms with E-state index in [0.717, 1.165) is 30.8 Å². The molecule has 1 atom stereocenters. The van der Waals surface area contributed by atoms with Gasteiger partial charge in [0.15, 0.2) is 11.5 Å². The standard InChI is InChI=1S/C13H19NO2/c1-13(7-4-8-14)9-10-5-3-6-11(15-2)12(10)16-13/h3,5-6H,4,7-9,14H2,1-2H3. The summed E-state index contributed by atoms with van der Waals surface area (Å²) in [5.74, 6) is 1.73. The van der Waals surface area contributed by atoms with Gasteiger partial charge in [0.25, 0.3) is 0 Å². The van der Waals surface area contributed by atoms with E-state index in [-0.39, 0.29) is 5.60 Å². The minimum Gasteiger partial charge on any atom is -0.493 e. The number of rotatable bonds is 4. The molecular weight excluding hydrogens is 202 g/mol. The Balaban J connectivity index is 2.19. The molecule has 2 N–H and O–H groups in total. The topological polar surface area (TPSA) is 44.5 Å². The van der Waals surface area contributed by atoms with Crippen LogP contribution in [0.3, 0.4) is 0 Å². The number of methoxy groups -OCH3 is 1. The molecule has 3 heteroatoms. The lowest BCUT2D eigenvalue weighted by molar-refractivity contribution is 0.100. The van der Waals surface area contributed by atoms with Crippen LogP contribution in [-0.4, -0.2) is 19.3 Å². The average Bonchev–Trinajstić information content (AvgIpc) is 2.63. The molecule has 0 saturated carbocycles. The molecule has 1 heterocycles. The molecule has 0 amide bonds. The molecule has 1 aromatic rings. The maximum atomic E-state index is 6.04. The molecule has 0 spiro atoms. The van der Waals surface area contributed by atoms with Gasteiger partial charge in [0.2, 0.25) is 0 Å². The van der Waals surface area contributed by atoms with Crippen LogP contribution in [0.5, 0.6) is 11.5 Å². The molecule has 0 radical (unpaired) electrons. The summed E-state index contributed by atoms with van der Waals surface area (Å²) < 4.78 is 11.3. The van der Waals surface area contributed by atoms with Gasteiger partial charge in [0.1, 0.15) is 5.60 Å². The maximum Gasteiger partial charge on any atom is 0.165 e. The highest BCUT2D eigenvalue weighted by molar-refractivity contribution is 5.50. The van der Waals surface area contributed by atoms with Gasteiger partial charge in [0.05, 0.1) is 7.11 Å². The van der Waals surface area contributed by atoms with Gasteiger partial charge in [-0.1, -0.05) is 12.1 Å². The first-order chi connectivity index (χ1) is 7.68. The molecule has 0 fully saturated rings. The van der Waals surface area contributed by atoms with Gasteiger partial charge in [-0.3, -0.25) is 0 Å². The van der Waals surface area contributed by atoms with Gasteiger partial charge in [-0.15, -0.1) is 0 Å². The van der Waals surface area contributed by atoms with E-state index in [1.165, 1.54) is 5.56 Å². The lowest BCUT2D eigenvalue weighted by atomic mass is 9.94. The zero-order chi connectivity index (χ0) is 11.6. The van der Waals surface area contributed by atoms with Crippen molar-refractivity contribution in [2.24, 2.45) is 5.73 Å². The molecule has 1 aliphatic rings. The van der Waals surface area contributed by atoms with Gasteiger partial charge in [-0.05, 0) is 32.4 Å². The molecule has 0 aliphatic carbocycles. The first kappa shape index (κ1) is 11.3. The van der Waals surface area contributed by atoms with E-state index < -0.39 is 0 Å². The summed E-state index contributed by atoms with van der Waals surface area (Å²) in [4.78, 5) is 0. The highest BCUT2D eigenvalue weighted by Gasteiger charge is 2.35. The van der Waals surface area contributed by atoms with E-state index in [9.17, 15) is 0 Å². The predicted molar refractivity (Wildman–Crippen MR) is 64.0 cm³/mol. The Morgan fingerprint density at radius 3 is 3.00 bits per heavy atom. The Labute approximate surface area is 96.5 Å². The first-order valence-electron chi connectivity index (χ1n) is 5.73. The van der Waals surface area contributed by atoms with Crippen molar-refractivity contribution in [3.8, 4) is 11.5 Å². The minimum absolute atomic E-state index is 0.115. The Morgan fingerprint density at radius 2 is 2.31 bits per heavy atom. The number of benzene rings is 1. The van der Waals surface area contributed by atoms with Gasteiger partial charge >= 0.3 is 0 Å². The lowest BCUT2D eigenvalue weighted by Crippen LogP contribution is -2.30. The Kier molecular flexibility index (Phi) is 3.06. The summed E-state index contributed by atoms with van der Waals surface area (Å²) in [6.45, 7) is 2.86. The molecule has 0 saturated heterocycles. The molecular formula is C13H19NO2. The molecule has 0 aromatic heterocycles. The van der Waals surface area contributed by atoms with Crippen LogP contribution >= 0.6 is 0 Å². The van der Waals surface area contributed by atoms with E-state index in [2.05, 4.69) is 13.0 Å². The Bertz CT molecular complexity index is 378. The van der Waals surface area contributed by atoms with Crippen molar-refractivity contribution in [3.05, 3.63) is 23.8 Å². The van der Waals surface area contributed by atoms with Crippen LogP contribution in [0.2, 0.25) is 0 Å². The molecule has 1 aliphatic heterocycles. The van der Waals surface area contributed by atoms with Crippen molar-refractivity contribution in [3.63, 3.8) is 0 Å². The number of para-hydroxylation sites is 1. The number of fused-ring (bicyclic) bond motifs is 1. The summed E-state index contributed by atoms with van der Waals surface area (Å²) in [5, 5.41) is 0. The average molecular weight is 221 g/mol. The van der Waals surface area contributed by atoms with E-state index in [4.69, 9.17) is 15.2 Å². The predicted octanol–water partition coefficient (Wildman–Crippen LogP) is 2.13. The molecule has 3 nitrogen and oxygen atoms in total. The van der Waals surface area contributed by atoms with Crippen molar-refractivity contribution >= 4 is 0 Å². The van der Waals surface area contributed by atoms with Gasteiger partial charge in [-0.25, -0.2) is 0 Å². The normalized spacial score (nSPS) is 22.7. The molecule has 0 bridgehead atoms. The summed E-state index contributed by atoms with van der Waals surface area (Å²) in [6, 6.07) is 6.05. The van der Waals surface area contributed by atoms with Crippen LogP contribution in [0.15, 0.2) is 18.2 Å². The van der Waals surface area contributed by atoms with E-state index >= 15 is 0 Å². The highest BCUT2D eigenvalue weighted by Crippen LogP contribution is 2.43. The lowest BCUT2D eigenvalue weighted by Gasteiger charge is -2.23. The van der Waals surface area contributed by atoms with Gasteiger partial charge < -0.3 is 15.2 Å². The van der Waals surface area contributed by atoms with Crippen molar-refractivity contribution in [2.75, 3.05) is 13.7 Å². The maximum absolute atomic E-state index is 6.04. The molecule has 2 rings (SSSR count). The molecule has 16 heavy (non-hydrogen) atoms. The summed E-state index contributed by atoms with van der Waals surface area (Å²) in [6.07, 6.45) is 2.92. The van der Waals surface area contributed by atoms with Gasteiger partial charge in [0, 0.05) is 12.0 Å². The largest absolute Gasteiger partial charge is 0.493 e. The fraction of sp³-hybridized carbons (Fsp3) is 0.538. The van der Waals surface area contributed by atoms with Crippen LogP contribution in [0.1, 0.15) is 25.3 Å². The highest BCUT2D eigenvalue weighted by atomic mass is 16.5. The number of hydrogen-bond acceptors (Lipinski definition) is 3. The quantitative estimate of drug-likeness (QED) is 0.847. The third-order valence-electron chi connectivity index (χ3n) is 3.10.